The normalized spacial score (nSPS) is 17.3. The topological polar surface area (TPSA) is 242 Å². The van der Waals surface area contributed by atoms with Gasteiger partial charge in [-0.25, -0.2) is 0 Å². The number of hydrogen-bond acceptors (Lipinski definition) is 9. The molecule has 7 atom stereocenters. The molecule has 1 saturated heterocycles. The Morgan fingerprint density at radius 1 is 0.794 bits per heavy atom. The van der Waals surface area contributed by atoms with Crippen LogP contribution in [-0.2, 0) is 51.2 Å². The highest BCUT2D eigenvalue weighted by molar-refractivity contribution is 5.97. The Morgan fingerprint density at radius 2 is 1.38 bits per heavy atom. The van der Waals surface area contributed by atoms with Crippen LogP contribution in [0.25, 0.3) is 0 Å². The van der Waals surface area contributed by atoms with Crippen molar-refractivity contribution in [2.75, 3.05) is 13.1 Å². The van der Waals surface area contributed by atoms with Gasteiger partial charge in [-0.15, -0.1) is 0 Å². The summed E-state index contributed by atoms with van der Waals surface area (Å²) in [7, 11) is 0. The monoisotopic (exact) mass is 876 g/mol. The number of carboxylic acids is 1. The lowest BCUT2D eigenvalue weighted by Crippen LogP contribution is -2.55. The highest BCUT2D eigenvalue weighted by atomic mass is 16.4. The summed E-state index contributed by atoms with van der Waals surface area (Å²) in [6.07, 6.45) is -0.316. The summed E-state index contributed by atoms with van der Waals surface area (Å²) in [6.45, 7) is 12.8. The zero-order valence-corrected chi connectivity index (χ0v) is 38.0. The zero-order valence-electron chi connectivity index (χ0n) is 38.0. The largest absolute Gasteiger partial charge is 0.481 e. The molecule has 3 rings (SSSR count). The van der Waals surface area contributed by atoms with Gasteiger partial charge < -0.3 is 36.8 Å². The molecule has 0 bridgehead atoms. The van der Waals surface area contributed by atoms with Gasteiger partial charge in [-0.05, 0) is 68.9 Å². The molecule has 0 radical (unpaired) electrons. The third kappa shape index (κ3) is 16.0. The molecule has 0 spiro atoms. The number of ketones is 2. The van der Waals surface area contributed by atoms with Gasteiger partial charge in [-0.3, -0.25) is 38.4 Å². The minimum absolute atomic E-state index is 0.0144. The maximum Gasteiger partial charge on any atom is 0.304 e. The van der Waals surface area contributed by atoms with Gasteiger partial charge in [0.25, 0.3) is 0 Å². The van der Waals surface area contributed by atoms with E-state index in [1.807, 2.05) is 39.0 Å². The molecule has 346 valence electrons. The van der Waals surface area contributed by atoms with Crippen LogP contribution in [0.4, 0.5) is 0 Å². The van der Waals surface area contributed by atoms with Gasteiger partial charge >= 0.3 is 5.97 Å². The molecule has 5 amide bonds. The van der Waals surface area contributed by atoms with Gasteiger partial charge in [0.1, 0.15) is 6.04 Å². The van der Waals surface area contributed by atoms with Gasteiger partial charge in [-0.1, -0.05) is 102 Å². The van der Waals surface area contributed by atoms with Crippen molar-refractivity contribution < 1.29 is 48.6 Å². The molecular weight excluding hydrogens is 807 g/mol. The van der Waals surface area contributed by atoms with Crippen molar-refractivity contribution >= 4 is 47.1 Å². The smallest absolute Gasteiger partial charge is 0.304 e. The summed E-state index contributed by atoms with van der Waals surface area (Å²) in [5.41, 5.74) is 4.89. The third-order valence-electron chi connectivity index (χ3n) is 12.0. The number of aliphatic hydroxyl groups is 1. The van der Waals surface area contributed by atoms with Crippen LogP contribution in [0.15, 0.2) is 60.7 Å². The number of primary amides is 1. The van der Waals surface area contributed by atoms with Crippen LogP contribution in [0.3, 0.4) is 0 Å². The average Bonchev–Trinajstić information content (AvgIpc) is 3.72. The van der Waals surface area contributed by atoms with Crippen molar-refractivity contribution in [3.63, 3.8) is 0 Å². The molecule has 0 saturated carbocycles. The molecule has 1 fully saturated rings. The first kappa shape index (κ1) is 51.9. The lowest BCUT2D eigenvalue weighted by Gasteiger charge is -2.37. The molecule has 0 aliphatic carbocycles. The number of rotatable bonds is 26. The van der Waals surface area contributed by atoms with Crippen molar-refractivity contribution in [3.05, 3.63) is 71.8 Å². The fourth-order valence-electron chi connectivity index (χ4n) is 8.28. The van der Waals surface area contributed by atoms with Gasteiger partial charge in [0.2, 0.25) is 29.5 Å². The van der Waals surface area contributed by atoms with Crippen LogP contribution in [0.5, 0.6) is 0 Å². The Kier molecular flexibility index (Phi) is 19.7. The van der Waals surface area contributed by atoms with E-state index in [0.29, 0.717) is 31.2 Å². The van der Waals surface area contributed by atoms with E-state index in [0.717, 1.165) is 5.56 Å². The summed E-state index contributed by atoms with van der Waals surface area (Å²) < 4.78 is 0. The van der Waals surface area contributed by atoms with E-state index in [2.05, 4.69) is 16.0 Å². The summed E-state index contributed by atoms with van der Waals surface area (Å²) in [6, 6.07) is 14.9. The lowest BCUT2D eigenvalue weighted by atomic mass is 9.71. The summed E-state index contributed by atoms with van der Waals surface area (Å²) >= 11 is 0. The molecule has 2 aromatic rings. The minimum atomic E-state index is -1.30. The SMILES string of the molecule is CCC(C)(CC(C)(C)C(=O)NCC(C)O)C(=O)N[C@@H](CC(C)C)C(=O)N1CCC[C@H]1C(=O)C[C@@H](Cc1ccccc1)C(=O)N[C@@H](Cc1ccccc1)C(=O)C[C@@H](CC(=O)O)C(N)=O. The first-order valence-electron chi connectivity index (χ1n) is 22.1. The van der Waals surface area contributed by atoms with Crippen LogP contribution in [0.1, 0.15) is 111 Å². The van der Waals surface area contributed by atoms with E-state index in [4.69, 9.17) is 5.73 Å². The Morgan fingerprint density at radius 3 is 1.90 bits per heavy atom. The molecule has 63 heavy (non-hydrogen) atoms. The maximum absolute atomic E-state index is 14.5. The molecule has 2 aromatic carbocycles. The number of nitrogens with one attached hydrogen (secondary N) is 3. The second-order valence-corrected chi connectivity index (χ2v) is 18.6. The first-order chi connectivity index (χ1) is 29.6. The molecule has 1 aliphatic rings. The van der Waals surface area contributed by atoms with Crippen LogP contribution < -0.4 is 21.7 Å². The number of carbonyl (C=O) groups excluding carboxylic acids is 7. The van der Waals surface area contributed by atoms with Crippen LogP contribution >= 0.6 is 0 Å². The summed E-state index contributed by atoms with van der Waals surface area (Å²) in [5.74, 6) is -7.20. The number of carbonyl (C=O) groups is 8. The average molecular weight is 876 g/mol. The van der Waals surface area contributed by atoms with E-state index in [1.54, 1.807) is 70.2 Å². The molecule has 15 heteroatoms. The quantitative estimate of drug-likeness (QED) is 0.0796. The van der Waals surface area contributed by atoms with Crippen LogP contribution in [-0.4, -0.2) is 99.5 Å². The van der Waals surface area contributed by atoms with Gasteiger partial charge in [-0.2, -0.15) is 0 Å². The maximum atomic E-state index is 14.5. The van der Waals surface area contributed by atoms with E-state index >= 15 is 0 Å². The molecule has 1 heterocycles. The number of nitrogens with zero attached hydrogens (tertiary/aromatic N) is 1. The van der Waals surface area contributed by atoms with Gasteiger partial charge in [0, 0.05) is 42.7 Å². The second-order valence-electron chi connectivity index (χ2n) is 18.6. The molecule has 7 N–H and O–H groups in total. The fraction of sp³-hybridized carbons (Fsp3) is 0.583. The lowest BCUT2D eigenvalue weighted by molar-refractivity contribution is -0.144. The number of Topliss-reactive ketones (excluding diaryl/α,β-unsaturated/α-hetero) is 2. The Balaban J connectivity index is 1.89. The number of likely N-dealkylation sites (tertiary alicyclic amines) is 1. The fourth-order valence-corrected chi connectivity index (χ4v) is 8.28. The van der Waals surface area contributed by atoms with Crippen molar-refractivity contribution in [2.45, 2.75) is 137 Å². The van der Waals surface area contributed by atoms with Crippen molar-refractivity contribution in [2.24, 2.45) is 34.3 Å². The predicted octanol–water partition coefficient (Wildman–Crippen LogP) is 3.92. The Bertz CT molecular complexity index is 1900. The minimum Gasteiger partial charge on any atom is -0.481 e. The standard InChI is InChI=1S/C48H69N5O10/c1-8-48(7,29-47(5,6)45(62)50-28-31(4)54)46(63)52-37(22-30(2)3)44(61)53-21-15-20-38(53)40(56)26-35(23-32-16-11-9-12-17-32)43(60)51-36(24-33-18-13-10-14-19-33)39(55)25-34(42(49)59)27-41(57)58/h9-14,16-19,30-31,34-38,54H,8,15,20-29H2,1-7H3,(H2,49,59)(H,50,62)(H,51,60)(H,52,63)(H,57,58)/t31?,34-,35+,36-,37-,38-,48?/m0/s1. The molecule has 15 nitrogen and oxygen atoms in total. The van der Waals surface area contributed by atoms with Crippen LogP contribution in [0, 0.1) is 28.6 Å². The van der Waals surface area contributed by atoms with Gasteiger partial charge in [0.05, 0.1) is 30.5 Å². The summed E-state index contributed by atoms with van der Waals surface area (Å²) in [5, 5.41) is 27.6. The molecular formula is C48H69N5O10. The number of nitrogens with two attached hydrogens (primary N) is 1. The number of benzene rings is 2. The van der Waals surface area contributed by atoms with Crippen molar-refractivity contribution in [1.82, 2.24) is 20.9 Å². The third-order valence-corrected chi connectivity index (χ3v) is 12.0. The van der Waals surface area contributed by atoms with Crippen molar-refractivity contribution in [3.8, 4) is 0 Å². The van der Waals surface area contributed by atoms with E-state index in [-0.39, 0.29) is 56.4 Å². The number of aliphatic carboxylic acids is 1. The molecule has 1 aliphatic heterocycles. The number of carboxylic acid groups (broad SMARTS) is 1. The molecule has 0 aromatic heterocycles. The summed E-state index contributed by atoms with van der Waals surface area (Å²) in [4.78, 5) is 109. The Labute approximate surface area is 371 Å². The van der Waals surface area contributed by atoms with E-state index in [9.17, 15) is 48.6 Å². The van der Waals surface area contributed by atoms with Crippen LogP contribution in [0.2, 0.25) is 0 Å². The highest BCUT2D eigenvalue weighted by Gasteiger charge is 2.44. The highest BCUT2D eigenvalue weighted by Crippen LogP contribution is 2.37. The number of hydrogen-bond donors (Lipinski definition) is 6. The number of amides is 5. The number of aliphatic hydroxyl groups excluding tert-OH is 1. The predicted molar refractivity (Wildman–Crippen MR) is 238 cm³/mol. The van der Waals surface area contributed by atoms with E-state index < -0.39 is 95.1 Å². The molecule has 2 unspecified atom stereocenters. The Hall–Kier alpha value is -5.44. The zero-order chi connectivity index (χ0) is 47.1. The van der Waals surface area contributed by atoms with Crippen molar-refractivity contribution in [1.29, 1.82) is 0 Å². The van der Waals surface area contributed by atoms with E-state index in [1.165, 1.54) is 4.90 Å². The second kappa shape index (κ2) is 23.9. The van der Waals surface area contributed by atoms with Gasteiger partial charge in [0.15, 0.2) is 11.6 Å². The first-order valence-corrected chi connectivity index (χ1v) is 22.1.